The van der Waals surface area contributed by atoms with Crippen molar-refractivity contribution in [3.63, 3.8) is 0 Å². The summed E-state index contributed by atoms with van der Waals surface area (Å²) in [5, 5.41) is 5.34. The summed E-state index contributed by atoms with van der Waals surface area (Å²) in [5.74, 6) is -2.37. The van der Waals surface area contributed by atoms with E-state index in [9.17, 15) is 24.0 Å². The highest BCUT2D eigenvalue weighted by molar-refractivity contribution is 7.93. The molecule has 2 aliphatic heterocycles. The zero-order valence-corrected chi connectivity index (χ0v) is 19.2. The van der Waals surface area contributed by atoms with Crippen molar-refractivity contribution in [1.29, 1.82) is 0 Å². The van der Waals surface area contributed by atoms with Crippen LogP contribution in [0.4, 0.5) is 0 Å². The van der Waals surface area contributed by atoms with Gasteiger partial charge in [0.15, 0.2) is 0 Å². The summed E-state index contributed by atoms with van der Waals surface area (Å²) in [7, 11) is 0. The summed E-state index contributed by atoms with van der Waals surface area (Å²) in [6.45, 7) is 5.74. The standard InChI is InChI=1S/C20H30N4O7S/c1-4-21-19(28)18(12(2)3)22-15(25)10-23-13(11-31-7-8-32-30)9-14(20(23)29)24-16(26)5-6-17(24)27/h5-6,12-14,18,30H,4,7-11H2,1-3H3,(H,21,28)(H,22,25). The van der Waals surface area contributed by atoms with E-state index in [1.54, 1.807) is 20.8 Å². The van der Waals surface area contributed by atoms with Gasteiger partial charge in [-0.15, -0.1) is 0 Å². The Hall–Kier alpha value is -2.44. The van der Waals surface area contributed by atoms with Crippen molar-refractivity contribution in [2.24, 2.45) is 5.92 Å². The van der Waals surface area contributed by atoms with E-state index in [0.717, 1.165) is 17.1 Å². The first-order valence-corrected chi connectivity index (χ1v) is 11.4. The van der Waals surface area contributed by atoms with E-state index in [1.807, 2.05) is 0 Å². The molecule has 1 fully saturated rings. The van der Waals surface area contributed by atoms with E-state index in [4.69, 9.17) is 9.29 Å². The lowest BCUT2D eigenvalue weighted by molar-refractivity contribution is -0.147. The molecule has 178 valence electrons. The lowest BCUT2D eigenvalue weighted by atomic mass is 10.0. The minimum atomic E-state index is -1.03. The molecule has 0 aliphatic carbocycles. The van der Waals surface area contributed by atoms with Crippen molar-refractivity contribution in [2.45, 2.75) is 45.3 Å². The Morgan fingerprint density at radius 3 is 2.47 bits per heavy atom. The smallest absolute Gasteiger partial charge is 0.254 e. The van der Waals surface area contributed by atoms with Crippen LogP contribution in [0.15, 0.2) is 12.2 Å². The van der Waals surface area contributed by atoms with Crippen LogP contribution in [0.25, 0.3) is 0 Å². The molecule has 0 aromatic carbocycles. The Bertz CT molecular complexity index is 755. The summed E-state index contributed by atoms with van der Waals surface area (Å²) in [4.78, 5) is 64.4. The zero-order valence-electron chi connectivity index (χ0n) is 18.4. The summed E-state index contributed by atoms with van der Waals surface area (Å²) in [6.07, 6.45) is 2.34. The molecule has 1 saturated heterocycles. The van der Waals surface area contributed by atoms with Gasteiger partial charge >= 0.3 is 0 Å². The number of amides is 5. The zero-order chi connectivity index (χ0) is 23.8. The number of nitrogens with one attached hydrogen (secondary N) is 2. The summed E-state index contributed by atoms with van der Waals surface area (Å²) >= 11 is 0.620. The maximum Gasteiger partial charge on any atom is 0.254 e. The molecule has 0 saturated carbocycles. The first kappa shape index (κ1) is 25.8. The summed E-state index contributed by atoms with van der Waals surface area (Å²) in [6, 6.07) is -2.34. The first-order valence-electron chi connectivity index (χ1n) is 10.5. The molecule has 2 rings (SSSR count). The molecule has 11 nitrogen and oxygen atoms in total. The molecule has 0 aromatic rings. The molecule has 3 N–H and O–H groups in total. The van der Waals surface area contributed by atoms with E-state index in [0.29, 0.717) is 24.3 Å². The summed E-state index contributed by atoms with van der Waals surface area (Å²) in [5.41, 5.74) is 0. The monoisotopic (exact) mass is 470 g/mol. The van der Waals surface area contributed by atoms with Crippen molar-refractivity contribution in [3.8, 4) is 0 Å². The number of rotatable bonds is 12. The van der Waals surface area contributed by atoms with Gasteiger partial charge in [0.1, 0.15) is 12.1 Å². The van der Waals surface area contributed by atoms with Crippen LogP contribution >= 0.6 is 12.0 Å². The van der Waals surface area contributed by atoms with E-state index >= 15 is 0 Å². The number of likely N-dealkylation sites (N-methyl/N-ethyl adjacent to an activating group) is 1. The van der Waals surface area contributed by atoms with Gasteiger partial charge in [-0.05, 0) is 24.9 Å². The quantitative estimate of drug-likeness (QED) is 0.194. The molecule has 2 aliphatic rings. The predicted octanol–water partition coefficient (Wildman–Crippen LogP) is -0.619. The Morgan fingerprint density at radius 1 is 1.25 bits per heavy atom. The second kappa shape index (κ2) is 12.0. The van der Waals surface area contributed by atoms with Gasteiger partial charge in [-0.1, -0.05) is 13.8 Å². The minimum absolute atomic E-state index is 0.0731. The largest absolute Gasteiger partial charge is 0.378 e. The molecule has 3 unspecified atom stereocenters. The average Bonchev–Trinajstić information content (AvgIpc) is 3.22. The van der Waals surface area contributed by atoms with E-state index in [-0.39, 0.29) is 38.0 Å². The fourth-order valence-corrected chi connectivity index (χ4v) is 3.86. The topological polar surface area (TPSA) is 145 Å². The normalized spacial score (nSPS) is 21.6. The van der Waals surface area contributed by atoms with Gasteiger partial charge in [-0.3, -0.25) is 28.9 Å². The van der Waals surface area contributed by atoms with E-state index in [1.165, 1.54) is 4.90 Å². The SMILES string of the molecule is CCNC(=O)C(NC(=O)CN1C(=O)C(N2C(=O)C=CC2=O)CC1COCCSO)C(C)C. The number of nitrogens with zero attached hydrogens (tertiary/aromatic N) is 2. The molecule has 32 heavy (non-hydrogen) atoms. The third-order valence-electron chi connectivity index (χ3n) is 5.22. The van der Waals surface area contributed by atoms with Gasteiger partial charge in [-0.2, -0.15) is 0 Å². The number of imide groups is 1. The number of hydrogen-bond donors (Lipinski definition) is 3. The Kier molecular flexibility index (Phi) is 9.66. The maximum absolute atomic E-state index is 13.1. The van der Waals surface area contributed by atoms with Crippen LogP contribution in [0.3, 0.4) is 0 Å². The molecule has 0 spiro atoms. The molecule has 2 heterocycles. The van der Waals surface area contributed by atoms with Gasteiger partial charge in [0.25, 0.3) is 11.8 Å². The van der Waals surface area contributed by atoms with Crippen LogP contribution < -0.4 is 10.6 Å². The molecular formula is C20H30N4O7S. The van der Waals surface area contributed by atoms with Crippen LogP contribution in [-0.2, 0) is 28.7 Å². The van der Waals surface area contributed by atoms with Crippen molar-refractivity contribution in [2.75, 3.05) is 32.1 Å². The second-order valence-corrected chi connectivity index (χ2v) is 8.51. The number of ether oxygens (including phenoxy) is 1. The van der Waals surface area contributed by atoms with Gasteiger partial charge in [0, 0.05) is 30.9 Å². The Morgan fingerprint density at radius 2 is 1.91 bits per heavy atom. The molecule has 3 atom stereocenters. The third kappa shape index (κ3) is 6.30. The van der Waals surface area contributed by atoms with E-state index < -0.39 is 41.8 Å². The highest BCUT2D eigenvalue weighted by atomic mass is 32.2. The van der Waals surface area contributed by atoms with Crippen molar-refractivity contribution >= 4 is 41.6 Å². The molecule has 12 heteroatoms. The molecule has 0 bridgehead atoms. The van der Waals surface area contributed by atoms with Crippen molar-refractivity contribution < 1.29 is 33.3 Å². The fraction of sp³-hybridized carbons (Fsp3) is 0.650. The lowest BCUT2D eigenvalue weighted by Gasteiger charge is -2.26. The van der Waals surface area contributed by atoms with Crippen molar-refractivity contribution in [1.82, 2.24) is 20.4 Å². The number of carbonyl (C=O) groups excluding carboxylic acids is 5. The minimum Gasteiger partial charge on any atom is -0.378 e. The van der Waals surface area contributed by atoms with Gasteiger partial charge in [0.2, 0.25) is 17.7 Å². The van der Waals surface area contributed by atoms with Crippen LogP contribution in [0.1, 0.15) is 27.2 Å². The molecule has 0 aromatic heterocycles. The predicted molar refractivity (Wildman–Crippen MR) is 116 cm³/mol. The Balaban J connectivity index is 2.12. The Labute approximate surface area is 191 Å². The lowest BCUT2D eigenvalue weighted by Crippen LogP contribution is -2.53. The molecular weight excluding hydrogens is 440 g/mol. The third-order valence-corrected chi connectivity index (χ3v) is 5.57. The number of likely N-dealkylation sites (tertiary alicyclic amines) is 1. The second-order valence-electron chi connectivity index (χ2n) is 7.84. The van der Waals surface area contributed by atoms with Gasteiger partial charge in [0.05, 0.1) is 25.8 Å². The highest BCUT2D eigenvalue weighted by Crippen LogP contribution is 2.26. The van der Waals surface area contributed by atoms with Crippen LogP contribution in [-0.4, -0.2) is 94.1 Å². The average molecular weight is 471 g/mol. The van der Waals surface area contributed by atoms with E-state index in [2.05, 4.69) is 10.6 Å². The number of hydrogen-bond acceptors (Lipinski definition) is 8. The van der Waals surface area contributed by atoms with Gasteiger partial charge in [-0.25, -0.2) is 0 Å². The summed E-state index contributed by atoms with van der Waals surface area (Å²) < 4.78 is 14.3. The molecule has 5 amide bonds. The number of carbonyl (C=O) groups is 5. The maximum atomic E-state index is 13.1. The van der Waals surface area contributed by atoms with Gasteiger partial charge < -0.3 is 24.8 Å². The van der Waals surface area contributed by atoms with Crippen LogP contribution in [0.5, 0.6) is 0 Å². The molecule has 0 radical (unpaired) electrons. The first-order chi connectivity index (χ1) is 15.2. The van der Waals surface area contributed by atoms with Crippen LogP contribution in [0.2, 0.25) is 0 Å². The van der Waals surface area contributed by atoms with Crippen LogP contribution in [0, 0.1) is 5.92 Å². The van der Waals surface area contributed by atoms with Crippen molar-refractivity contribution in [3.05, 3.63) is 12.2 Å². The highest BCUT2D eigenvalue weighted by Gasteiger charge is 2.47. The fourth-order valence-electron chi connectivity index (χ4n) is 3.67.